The molecule has 2 aromatic rings. The zero-order chi connectivity index (χ0) is 14.1. The number of carbonyl (C=O) groups is 2. The fourth-order valence-corrected chi connectivity index (χ4v) is 2.43. The minimum absolute atomic E-state index is 0.447. The number of hydrogen-bond acceptors (Lipinski definition) is 3. The van der Waals surface area contributed by atoms with Crippen LogP contribution in [0.25, 0.3) is 0 Å². The highest BCUT2D eigenvalue weighted by molar-refractivity contribution is 6.51. The molecule has 0 aromatic heterocycles. The lowest BCUT2D eigenvalue weighted by molar-refractivity contribution is -0.112. The summed E-state index contributed by atoms with van der Waals surface area (Å²) in [5, 5.41) is 2.60. The maximum atomic E-state index is 11.6. The van der Waals surface area contributed by atoms with Crippen molar-refractivity contribution in [3.05, 3.63) is 54.1 Å². The zero-order valence-electron chi connectivity index (χ0n) is 11.1. The molecular formula is C16H14N2O2. The fraction of sp³-hybridized carbons (Fsp3) is 0.125. The van der Waals surface area contributed by atoms with Crippen molar-refractivity contribution in [3.8, 4) is 0 Å². The van der Waals surface area contributed by atoms with E-state index in [2.05, 4.69) is 17.1 Å². The number of carbonyl (C=O) groups excluding carboxylic acids is 2. The van der Waals surface area contributed by atoms with Gasteiger partial charge in [0.05, 0.1) is 11.3 Å². The van der Waals surface area contributed by atoms with Crippen LogP contribution in [0, 0.1) is 0 Å². The first-order chi connectivity index (χ1) is 9.70. The van der Waals surface area contributed by atoms with Gasteiger partial charge in [-0.15, -0.1) is 0 Å². The molecule has 1 aliphatic heterocycles. The Labute approximate surface area is 117 Å². The second-order valence-electron chi connectivity index (χ2n) is 4.59. The third-order valence-corrected chi connectivity index (χ3v) is 3.40. The van der Waals surface area contributed by atoms with Crippen LogP contribution < -0.4 is 10.2 Å². The van der Waals surface area contributed by atoms with Gasteiger partial charge >= 0.3 is 0 Å². The van der Waals surface area contributed by atoms with Crippen LogP contribution in [-0.2, 0) is 4.79 Å². The summed E-state index contributed by atoms with van der Waals surface area (Å²) in [5.41, 5.74) is 3.06. The van der Waals surface area contributed by atoms with Crippen molar-refractivity contribution in [2.75, 3.05) is 16.8 Å². The Balaban J connectivity index is 2.01. The summed E-state index contributed by atoms with van der Waals surface area (Å²) in [7, 11) is 0. The molecule has 100 valence electrons. The average molecular weight is 266 g/mol. The summed E-state index contributed by atoms with van der Waals surface area (Å²) in [6.45, 7) is 2.86. The van der Waals surface area contributed by atoms with Gasteiger partial charge < -0.3 is 10.2 Å². The van der Waals surface area contributed by atoms with Gasteiger partial charge in [0, 0.05) is 17.9 Å². The SMILES string of the molecule is CCN(c1ccccc1)c1ccc2c(c1)NC(=O)C2=O. The second-order valence-corrected chi connectivity index (χ2v) is 4.59. The van der Waals surface area contributed by atoms with E-state index in [9.17, 15) is 9.59 Å². The Morgan fingerprint density at radius 1 is 1.00 bits per heavy atom. The molecule has 4 heteroatoms. The van der Waals surface area contributed by atoms with Crippen LogP contribution in [0.15, 0.2) is 48.5 Å². The van der Waals surface area contributed by atoms with Crippen molar-refractivity contribution in [1.82, 2.24) is 0 Å². The number of fused-ring (bicyclic) bond motifs is 1. The molecule has 1 amide bonds. The van der Waals surface area contributed by atoms with Crippen LogP contribution >= 0.6 is 0 Å². The number of nitrogens with zero attached hydrogens (tertiary/aromatic N) is 1. The number of anilines is 3. The molecule has 0 aliphatic carbocycles. The molecule has 0 spiro atoms. The van der Waals surface area contributed by atoms with Crippen LogP contribution in [0.4, 0.5) is 17.1 Å². The molecule has 0 radical (unpaired) electrons. The van der Waals surface area contributed by atoms with Crippen LogP contribution in [0.5, 0.6) is 0 Å². The largest absolute Gasteiger partial charge is 0.342 e. The first-order valence-corrected chi connectivity index (χ1v) is 6.53. The van der Waals surface area contributed by atoms with E-state index < -0.39 is 11.7 Å². The molecule has 0 saturated carbocycles. The normalized spacial score (nSPS) is 13.1. The van der Waals surface area contributed by atoms with Gasteiger partial charge in [-0.25, -0.2) is 0 Å². The van der Waals surface area contributed by atoms with E-state index in [1.165, 1.54) is 0 Å². The number of hydrogen-bond donors (Lipinski definition) is 1. The Bertz CT molecular complexity index is 680. The van der Waals surface area contributed by atoms with Crippen molar-refractivity contribution < 1.29 is 9.59 Å². The molecular weight excluding hydrogens is 252 g/mol. The number of para-hydroxylation sites is 1. The third kappa shape index (κ3) is 1.95. The van der Waals surface area contributed by atoms with Crippen LogP contribution in [0.3, 0.4) is 0 Å². The number of Topliss-reactive ketones (excluding diaryl/α,β-unsaturated/α-hetero) is 1. The predicted octanol–water partition coefficient (Wildman–Crippen LogP) is 2.98. The van der Waals surface area contributed by atoms with Crippen LogP contribution in [0.2, 0.25) is 0 Å². The van der Waals surface area contributed by atoms with Crippen LogP contribution in [0.1, 0.15) is 17.3 Å². The number of benzene rings is 2. The van der Waals surface area contributed by atoms with E-state index in [0.717, 1.165) is 17.9 Å². The monoisotopic (exact) mass is 266 g/mol. The number of nitrogens with one attached hydrogen (secondary N) is 1. The van der Waals surface area contributed by atoms with Gasteiger partial charge in [0.15, 0.2) is 0 Å². The molecule has 1 aliphatic rings. The maximum Gasteiger partial charge on any atom is 0.296 e. The molecule has 2 aromatic carbocycles. The Morgan fingerprint density at radius 2 is 1.75 bits per heavy atom. The summed E-state index contributed by atoms with van der Waals surface area (Å²) in [6.07, 6.45) is 0. The van der Waals surface area contributed by atoms with E-state index in [0.29, 0.717) is 11.3 Å². The van der Waals surface area contributed by atoms with Gasteiger partial charge in [0.25, 0.3) is 11.7 Å². The second kappa shape index (κ2) is 4.81. The predicted molar refractivity (Wildman–Crippen MR) is 78.5 cm³/mol. The van der Waals surface area contributed by atoms with Gasteiger partial charge in [-0.05, 0) is 37.3 Å². The molecule has 0 fully saturated rings. The molecule has 0 atom stereocenters. The van der Waals surface area contributed by atoms with E-state index in [-0.39, 0.29) is 0 Å². The van der Waals surface area contributed by atoms with E-state index >= 15 is 0 Å². The Hall–Kier alpha value is -2.62. The zero-order valence-corrected chi connectivity index (χ0v) is 11.1. The van der Waals surface area contributed by atoms with E-state index in [1.54, 1.807) is 6.07 Å². The maximum absolute atomic E-state index is 11.6. The van der Waals surface area contributed by atoms with Crippen molar-refractivity contribution in [1.29, 1.82) is 0 Å². The molecule has 0 bridgehead atoms. The average Bonchev–Trinajstić information content (AvgIpc) is 2.76. The van der Waals surface area contributed by atoms with Gasteiger partial charge in [-0.2, -0.15) is 0 Å². The summed E-state index contributed by atoms with van der Waals surface area (Å²) < 4.78 is 0. The highest BCUT2D eigenvalue weighted by Gasteiger charge is 2.28. The quantitative estimate of drug-likeness (QED) is 0.869. The molecule has 1 N–H and O–H groups in total. The Morgan fingerprint density at radius 3 is 2.45 bits per heavy atom. The topological polar surface area (TPSA) is 49.4 Å². The fourth-order valence-electron chi connectivity index (χ4n) is 2.43. The smallest absolute Gasteiger partial charge is 0.296 e. The molecule has 1 heterocycles. The van der Waals surface area contributed by atoms with E-state index in [1.807, 2.05) is 42.5 Å². The minimum atomic E-state index is -0.556. The molecule has 4 nitrogen and oxygen atoms in total. The minimum Gasteiger partial charge on any atom is -0.342 e. The van der Waals surface area contributed by atoms with Crippen LogP contribution in [-0.4, -0.2) is 18.2 Å². The summed E-state index contributed by atoms with van der Waals surface area (Å²) in [6, 6.07) is 15.4. The highest BCUT2D eigenvalue weighted by Crippen LogP contribution is 2.31. The lowest BCUT2D eigenvalue weighted by Gasteiger charge is -2.23. The molecule has 20 heavy (non-hydrogen) atoms. The number of ketones is 1. The third-order valence-electron chi connectivity index (χ3n) is 3.40. The summed E-state index contributed by atoms with van der Waals surface area (Å²) >= 11 is 0. The molecule has 0 saturated heterocycles. The number of amides is 1. The first-order valence-electron chi connectivity index (χ1n) is 6.53. The molecule has 3 rings (SSSR count). The van der Waals surface area contributed by atoms with Crippen molar-refractivity contribution >= 4 is 28.8 Å². The van der Waals surface area contributed by atoms with Gasteiger partial charge in [0.1, 0.15) is 0 Å². The van der Waals surface area contributed by atoms with E-state index in [4.69, 9.17) is 0 Å². The standard InChI is InChI=1S/C16H14N2O2/c1-2-18(11-6-4-3-5-7-11)12-8-9-13-14(10-12)17-16(20)15(13)19/h3-10H,2H2,1H3,(H,17,19,20). The Kier molecular flexibility index (Phi) is 2.99. The van der Waals surface area contributed by atoms with Crippen molar-refractivity contribution in [2.45, 2.75) is 6.92 Å². The van der Waals surface area contributed by atoms with Gasteiger partial charge in [-0.1, -0.05) is 18.2 Å². The summed E-state index contributed by atoms with van der Waals surface area (Å²) in [4.78, 5) is 25.1. The summed E-state index contributed by atoms with van der Waals surface area (Å²) in [5.74, 6) is -1.02. The van der Waals surface area contributed by atoms with Crippen molar-refractivity contribution in [2.24, 2.45) is 0 Å². The lowest BCUT2D eigenvalue weighted by Crippen LogP contribution is -2.15. The van der Waals surface area contributed by atoms with Crippen molar-refractivity contribution in [3.63, 3.8) is 0 Å². The lowest BCUT2D eigenvalue weighted by atomic mass is 10.1. The molecule has 0 unspecified atom stereocenters. The number of rotatable bonds is 3. The van der Waals surface area contributed by atoms with Gasteiger partial charge in [-0.3, -0.25) is 9.59 Å². The first kappa shape index (κ1) is 12.4. The highest BCUT2D eigenvalue weighted by atomic mass is 16.2. The van der Waals surface area contributed by atoms with Gasteiger partial charge in [0.2, 0.25) is 0 Å².